The van der Waals surface area contributed by atoms with Crippen molar-refractivity contribution in [1.82, 2.24) is 4.72 Å². The fourth-order valence-electron chi connectivity index (χ4n) is 2.62. The summed E-state index contributed by atoms with van der Waals surface area (Å²) in [6.45, 7) is 4.39. The van der Waals surface area contributed by atoms with Crippen molar-refractivity contribution in [3.8, 4) is 0 Å². The summed E-state index contributed by atoms with van der Waals surface area (Å²) in [6, 6.07) is 8.18. The fourth-order valence-corrected chi connectivity index (χ4v) is 3.62. The van der Waals surface area contributed by atoms with E-state index in [0.717, 1.165) is 28.8 Å². The largest absolute Gasteiger partial charge is 0.455 e. The van der Waals surface area contributed by atoms with Gasteiger partial charge in [-0.3, -0.25) is 9.59 Å². The second-order valence-corrected chi connectivity index (χ2v) is 8.03. The van der Waals surface area contributed by atoms with Crippen molar-refractivity contribution in [3.63, 3.8) is 0 Å². The van der Waals surface area contributed by atoms with Gasteiger partial charge in [0.2, 0.25) is 10.0 Å². The van der Waals surface area contributed by atoms with Crippen LogP contribution in [0.1, 0.15) is 16.7 Å². The minimum Gasteiger partial charge on any atom is -0.455 e. The summed E-state index contributed by atoms with van der Waals surface area (Å²) in [5.74, 6) is -2.20. The third-order valence-corrected chi connectivity index (χ3v) is 5.22. The Balaban J connectivity index is 1.86. The number of esters is 1. The number of anilines is 1. The van der Waals surface area contributed by atoms with Gasteiger partial charge < -0.3 is 10.1 Å². The lowest BCUT2D eigenvalue weighted by molar-refractivity contribution is -0.146. The number of halogens is 1. The molecule has 0 aromatic heterocycles. The van der Waals surface area contributed by atoms with Crippen LogP contribution < -0.4 is 10.0 Å². The monoisotopic (exact) mass is 408 g/mol. The van der Waals surface area contributed by atoms with Gasteiger partial charge in [-0.05, 0) is 50.1 Å². The number of rotatable bonds is 7. The number of amides is 1. The molecule has 0 fully saturated rings. The van der Waals surface area contributed by atoms with Crippen molar-refractivity contribution in [2.45, 2.75) is 25.7 Å². The van der Waals surface area contributed by atoms with Crippen LogP contribution in [0.15, 0.2) is 41.3 Å². The lowest BCUT2D eigenvalue weighted by Crippen LogP contribution is -2.32. The topological polar surface area (TPSA) is 102 Å². The third-order valence-electron chi connectivity index (χ3n) is 3.82. The highest BCUT2D eigenvalue weighted by molar-refractivity contribution is 7.89. The third kappa shape index (κ3) is 5.86. The molecule has 2 aromatic carbocycles. The van der Waals surface area contributed by atoms with Crippen LogP contribution in [0, 0.1) is 26.6 Å². The quantitative estimate of drug-likeness (QED) is 0.684. The first kappa shape index (κ1) is 21.5. The first-order valence-corrected chi connectivity index (χ1v) is 9.85. The molecule has 0 saturated carbocycles. The van der Waals surface area contributed by atoms with Gasteiger partial charge in [-0.1, -0.05) is 23.8 Å². The van der Waals surface area contributed by atoms with Crippen LogP contribution in [0.4, 0.5) is 10.1 Å². The maximum absolute atomic E-state index is 13.1. The van der Waals surface area contributed by atoms with E-state index in [-0.39, 0.29) is 4.90 Å². The second kappa shape index (κ2) is 8.94. The van der Waals surface area contributed by atoms with Crippen LogP contribution in [-0.2, 0) is 24.3 Å². The van der Waals surface area contributed by atoms with Gasteiger partial charge in [-0.2, -0.15) is 4.72 Å². The molecule has 0 heterocycles. The first-order valence-electron chi connectivity index (χ1n) is 8.37. The molecule has 0 spiro atoms. The summed E-state index contributed by atoms with van der Waals surface area (Å²) in [7, 11) is -4.07. The van der Waals surface area contributed by atoms with E-state index in [1.165, 1.54) is 12.1 Å². The van der Waals surface area contributed by atoms with E-state index < -0.39 is 40.9 Å². The van der Waals surface area contributed by atoms with Crippen LogP contribution >= 0.6 is 0 Å². The zero-order valence-electron chi connectivity index (χ0n) is 15.7. The van der Waals surface area contributed by atoms with Gasteiger partial charge in [0.05, 0.1) is 4.90 Å². The van der Waals surface area contributed by atoms with Crippen molar-refractivity contribution in [3.05, 3.63) is 58.9 Å². The average Bonchev–Trinajstić information content (AvgIpc) is 2.61. The summed E-state index contributed by atoms with van der Waals surface area (Å²) < 4.78 is 43.9. The molecular weight excluding hydrogens is 387 g/mol. The SMILES string of the molecule is Cc1cc(C)c(NC(=O)COC(=O)CNS(=O)(=O)c2cccc(F)c2)c(C)c1. The Morgan fingerprint density at radius 1 is 1.07 bits per heavy atom. The summed E-state index contributed by atoms with van der Waals surface area (Å²) in [6.07, 6.45) is 0. The lowest BCUT2D eigenvalue weighted by atomic mass is 10.1. The number of benzene rings is 2. The fraction of sp³-hybridized carbons (Fsp3) is 0.263. The van der Waals surface area contributed by atoms with Crippen molar-refractivity contribution >= 4 is 27.6 Å². The molecule has 0 aliphatic carbocycles. The Hall–Kier alpha value is -2.78. The molecule has 0 aliphatic heterocycles. The first-order chi connectivity index (χ1) is 13.1. The van der Waals surface area contributed by atoms with Crippen LogP contribution in [0.25, 0.3) is 0 Å². The molecule has 0 atom stereocenters. The highest BCUT2D eigenvalue weighted by atomic mass is 32.2. The molecule has 0 radical (unpaired) electrons. The summed E-state index contributed by atoms with van der Waals surface area (Å²) >= 11 is 0. The Morgan fingerprint density at radius 2 is 1.71 bits per heavy atom. The zero-order chi connectivity index (χ0) is 20.9. The molecule has 28 heavy (non-hydrogen) atoms. The molecule has 0 aliphatic rings. The molecule has 2 rings (SSSR count). The van der Waals surface area contributed by atoms with Gasteiger partial charge in [-0.15, -0.1) is 0 Å². The minimum absolute atomic E-state index is 0.316. The van der Waals surface area contributed by atoms with Crippen molar-refractivity contribution < 1.29 is 27.1 Å². The van der Waals surface area contributed by atoms with Crippen molar-refractivity contribution in [1.29, 1.82) is 0 Å². The number of carbonyl (C=O) groups excluding carboxylic acids is 2. The van der Waals surface area contributed by atoms with E-state index in [4.69, 9.17) is 4.74 Å². The maximum atomic E-state index is 13.1. The summed E-state index contributed by atoms with van der Waals surface area (Å²) in [5, 5.41) is 2.67. The van der Waals surface area contributed by atoms with E-state index in [2.05, 4.69) is 5.32 Å². The van der Waals surface area contributed by atoms with Gasteiger partial charge in [0.15, 0.2) is 6.61 Å². The van der Waals surface area contributed by atoms with Crippen LogP contribution in [0.2, 0.25) is 0 Å². The Labute approximate surface area is 163 Å². The second-order valence-electron chi connectivity index (χ2n) is 6.26. The van der Waals surface area contributed by atoms with Crippen LogP contribution in [0.3, 0.4) is 0 Å². The van der Waals surface area contributed by atoms with E-state index in [9.17, 15) is 22.4 Å². The molecular formula is C19H21FN2O5S. The molecule has 2 aromatic rings. The zero-order valence-corrected chi connectivity index (χ0v) is 16.5. The summed E-state index contributed by atoms with van der Waals surface area (Å²) in [4.78, 5) is 23.4. The standard InChI is InChI=1S/C19H21FN2O5S/c1-12-7-13(2)19(14(3)8-12)22-17(23)11-27-18(24)10-21-28(25,26)16-6-4-5-15(20)9-16/h4-9,21H,10-11H2,1-3H3,(H,22,23). The predicted molar refractivity (Wildman–Crippen MR) is 102 cm³/mol. The minimum atomic E-state index is -4.07. The predicted octanol–water partition coefficient (Wildman–Crippen LogP) is 2.21. The Morgan fingerprint density at radius 3 is 2.32 bits per heavy atom. The number of hydrogen-bond acceptors (Lipinski definition) is 5. The van der Waals surface area contributed by atoms with Gasteiger partial charge in [0, 0.05) is 5.69 Å². The van der Waals surface area contributed by atoms with E-state index in [1.807, 2.05) is 37.6 Å². The smallest absolute Gasteiger partial charge is 0.321 e. The highest BCUT2D eigenvalue weighted by Crippen LogP contribution is 2.21. The van der Waals surface area contributed by atoms with Crippen LogP contribution in [-0.4, -0.2) is 33.4 Å². The highest BCUT2D eigenvalue weighted by Gasteiger charge is 2.17. The number of aryl methyl sites for hydroxylation is 3. The lowest BCUT2D eigenvalue weighted by Gasteiger charge is -2.13. The van der Waals surface area contributed by atoms with Gasteiger partial charge in [0.1, 0.15) is 12.4 Å². The van der Waals surface area contributed by atoms with E-state index >= 15 is 0 Å². The molecule has 0 bridgehead atoms. The normalized spacial score (nSPS) is 11.1. The molecule has 9 heteroatoms. The van der Waals surface area contributed by atoms with Crippen molar-refractivity contribution in [2.24, 2.45) is 0 Å². The van der Waals surface area contributed by atoms with E-state index in [1.54, 1.807) is 0 Å². The van der Waals surface area contributed by atoms with Crippen LogP contribution in [0.5, 0.6) is 0 Å². The van der Waals surface area contributed by atoms with Gasteiger partial charge >= 0.3 is 5.97 Å². The molecule has 0 saturated heterocycles. The van der Waals surface area contributed by atoms with E-state index in [0.29, 0.717) is 5.69 Å². The number of nitrogens with one attached hydrogen (secondary N) is 2. The van der Waals surface area contributed by atoms with Gasteiger partial charge in [-0.25, -0.2) is 12.8 Å². The van der Waals surface area contributed by atoms with Gasteiger partial charge in [0.25, 0.3) is 5.91 Å². The number of hydrogen-bond donors (Lipinski definition) is 2. The number of ether oxygens (including phenoxy) is 1. The molecule has 1 amide bonds. The molecule has 150 valence electrons. The maximum Gasteiger partial charge on any atom is 0.321 e. The molecule has 2 N–H and O–H groups in total. The average molecular weight is 408 g/mol. The number of carbonyl (C=O) groups is 2. The molecule has 7 nitrogen and oxygen atoms in total. The Bertz CT molecular complexity index is 982. The van der Waals surface area contributed by atoms with Crippen molar-refractivity contribution in [2.75, 3.05) is 18.5 Å². The Kier molecular flexibility index (Phi) is 6.87. The summed E-state index contributed by atoms with van der Waals surface area (Å²) in [5.41, 5.74) is 3.45. The molecule has 0 unspecified atom stereocenters. The number of sulfonamides is 1.